The first-order valence-corrected chi connectivity index (χ1v) is 4.82. The Morgan fingerprint density at radius 2 is 2.00 bits per heavy atom. The van der Waals surface area contributed by atoms with Crippen molar-refractivity contribution in [1.29, 1.82) is 0 Å². The third kappa shape index (κ3) is 7.62. The summed E-state index contributed by atoms with van der Waals surface area (Å²) in [6, 6.07) is 0. The topological polar surface area (TPSA) is 38.3 Å². The summed E-state index contributed by atoms with van der Waals surface area (Å²) < 4.78 is 5.08. The van der Waals surface area contributed by atoms with Gasteiger partial charge in [0.25, 0.3) is 0 Å². The Kier molecular flexibility index (Phi) is 4.81. The van der Waals surface area contributed by atoms with E-state index in [1.165, 1.54) is 0 Å². The predicted molar refractivity (Wildman–Crippen MR) is 53.7 cm³/mol. The first kappa shape index (κ1) is 12.3. The minimum Gasteiger partial charge on any atom is -0.444 e. The lowest BCUT2D eigenvalue weighted by molar-refractivity contribution is 0.0520. The third-order valence-electron chi connectivity index (χ3n) is 1.69. The van der Waals surface area contributed by atoms with Crippen molar-refractivity contribution in [2.24, 2.45) is 5.92 Å². The molecular formula is C10H21NO2. The first-order valence-electron chi connectivity index (χ1n) is 4.82. The summed E-state index contributed by atoms with van der Waals surface area (Å²) >= 11 is 0. The van der Waals surface area contributed by atoms with Crippen molar-refractivity contribution in [3.8, 4) is 0 Å². The molecule has 3 nitrogen and oxygen atoms in total. The fraction of sp³-hybridized carbons (Fsp3) is 0.900. The van der Waals surface area contributed by atoms with Gasteiger partial charge in [-0.3, -0.25) is 0 Å². The van der Waals surface area contributed by atoms with Crippen LogP contribution >= 0.6 is 0 Å². The van der Waals surface area contributed by atoms with Crippen molar-refractivity contribution in [3.05, 3.63) is 0 Å². The van der Waals surface area contributed by atoms with Gasteiger partial charge in [0.15, 0.2) is 0 Å². The van der Waals surface area contributed by atoms with Crippen molar-refractivity contribution in [2.45, 2.75) is 46.6 Å². The van der Waals surface area contributed by atoms with Crippen LogP contribution in [0.4, 0.5) is 4.79 Å². The van der Waals surface area contributed by atoms with Gasteiger partial charge in [0.2, 0.25) is 0 Å². The van der Waals surface area contributed by atoms with E-state index in [0.29, 0.717) is 12.5 Å². The van der Waals surface area contributed by atoms with Gasteiger partial charge in [-0.2, -0.15) is 0 Å². The van der Waals surface area contributed by atoms with E-state index in [4.69, 9.17) is 4.74 Å². The Morgan fingerprint density at radius 3 is 2.38 bits per heavy atom. The van der Waals surface area contributed by atoms with Crippen LogP contribution < -0.4 is 5.32 Å². The molecule has 0 heterocycles. The summed E-state index contributed by atoms with van der Waals surface area (Å²) in [5.74, 6) is 0.507. The number of amides is 1. The number of ether oxygens (including phenoxy) is 1. The molecule has 0 aromatic rings. The van der Waals surface area contributed by atoms with Crippen LogP contribution in [0, 0.1) is 5.92 Å². The highest BCUT2D eigenvalue weighted by molar-refractivity contribution is 5.67. The van der Waals surface area contributed by atoms with Gasteiger partial charge < -0.3 is 10.1 Å². The van der Waals surface area contributed by atoms with Crippen molar-refractivity contribution in [2.75, 3.05) is 6.54 Å². The summed E-state index contributed by atoms with van der Waals surface area (Å²) in [5.41, 5.74) is -0.403. The van der Waals surface area contributed by atoms with E-state index in [1.54, 1.807) is 0 Å². The normalized spacial score (nSPS) is 13.6. The fourth-order valence-corrected chi connectivity index (χ4v) is 0.716. The van der Waals surface area contributed by atoms with Crippen LogP contribution in [0.15, 0.2) is 0 Å². The molecule has 0 aliphatic rings. The molecular weight excluding hydrogens is 166 g/mol. The quantitative estimate of drug-likeness (QED) is 0.737. The zero-order valence-electron chi connectivity index (χ0n) is 9.31. The molecule has 0 aliphatic heterocycles. The van der Waals surface area contributed by atoms with Crippen LogP contribution in [0.25, 0.3) is 0 Å². The number of nitrogens with one attached hydrogen (secondary N) is 1. The van der Waals surface area contributed by atoms with Crippen molar-refractivity contribution in [3.63, 3.8) is 0 Å². The number of hydrogen-bond donors (Lipinski definition) is 1. The molecule has 3 heteroatoms. The van der Waals surface area contributed by atoms with Gasteiger partial charge in [0, 0.05) is 6.54 Å². The zero-order valence-corrected chi connectivity index (χ0v) is 9.31. The second-order valence-electron chi connectivity index (χ2n) is 4.40. The molecule has 1 unspecified atom stereocenters. The second-order valence-corrected chi connectivity index (χ2v) is 4.40. The van der Waals surface area contributed by atoms with Crippen molar-refractivity contribution >= 4 is 6.09 Å². The fourth-order valence-electron chi connectivity index (χ4n) is 0.716. The maximum Gasteiger partial charge on any atom is 0.407 e. The minimum atomic E-state index is -0.403. The predicted octanol–water partition coefficient (Wildman–Crippen LogP) is 2.56. The largest absolute Gasteiger partial charge is 0.444 e. The molecule has 0 aromatic heterocycles. The summed E-state index contributed by atoms with van der Waals surface area (Å²) in [6.45, 7) is 10.5. The van der Waals surface area contributed by atoms with Crippen LogP contribution in [0.5, 0.6) is 0 Å². The average Bonchev–Trinajstić information content (AvgIpc) is 1.97. The van der Waals surface area contributed by atoms with E-state index in [2.05, 4.69) is 19.2 Å². The van der Waals surface area contributed by atoms with Crippen LogP contribution in [0.3, 0.4) is 0 Å². The van der Waals surface area contributed by atoms with Gasteiger partial charge in [-0.05, 0) is 26.7 Å². The smallest absolute Gasteiger partial charge is 0.407 e. The molecule has 0 fully saturated rings. The van der Waals surface area contributed by atoms with E-state index in [-0.39, 0.29) is 6.09 Å². The van der Waals surface area contributed by atoms with Gasteiger partial charge >= 0.3 is 6.09 Å². The third-order valence-corrected chi connectivity index (χ3v) is 1.69. The first-order chi connectivity index (χ1) is 5.85. The van der Waals surface area contributed by atoms with Crippen LogP contribution in [0.2, 0.25) is 0 Å². The molecule has 0 aromatic carbocycles. The molecule has 0 saturated carbocycles. The summed E-state index contributed by atoms with van der Waals surface area (Å²) in [7, 11) is 0. The van der Waals surface area contributed by atoms with Gasteiger partial charge in [0.05, 0.1) is 0 Å². The van der Waals surface area contributed by atoms with E-state index in [1.807, 2.05) is 20.8 Å². The molecule has 0 radical (unpaired) electrons. The Hall–Kier alpha value is -0.730. The average molecular weight is 187 g/mol. The Labute approximate surface area is 80.8 Å². The molecule has 0 rings (SSSR count). The highest BCUT2D eigenvalue weighted by atomic mass is 16.6. The van der Waals surface area contributed by atoms with E-state index >= 15 is 0 Å². The van der Waals surface area contributed by atoms with Crippen LogP contribution in [0.1, 0.15) is 41.0 Å². The van der Waals surface area contributed by atoms with Gasteiger partial charge in [-0.1, -0.05) is 20.3 Å². The van der Waals surface area contributed by atoms with Gasteiger partial charge in [-0.25, -0.2) is 4.79 Å². The van der Waals surface area contributed by atoms with E-state index in [0.717, 1.165) is 6.42 Å². The minimum absolute atomic E-state index is 0.326. The van der Waals surface area contributed by atoms with Crippen molar-refractivity contribution in [1.82, 2.24) is 5.32 Å². The molecule has 0 saturated heterocycles. The Morgan fingerprint density at radius 1 is 1.46 bits per heavy atom. The molecule has 1 amide bonds. The monoisotopic (exact) mass is 187 g/mol. The highest BCUT2D eigenvalue weighted by Gasteiger charge is 2.15. The lowest BCUT2D eigenvalue weighted by atomic mass is 10.1. The molecule has 0 aliphatic carbocycles. The Bertz CT molecular complexity index is 161. The maximum absolute atomic E-state index is 11.1. The van der Waals surface area contributed by atoms with Crippen molar-refractivity contribution < 1.29 is 9.53 Å². The molecule has 1 atom stereocenters. The molecule has 1 N–H and O–H groups in total. The lowest BCUT2D eigenvalue weighted by Gasteiger charge is -2.20. The van der Waals surface area contributed by atoms with Gasteiger partial charge in [0.1, 0.15) is 5.60 Å². The Balaban J connectivity index is 3.64. The molecule has 13 heavy (non-hydrogen) atoms. The van der Waals surface area contributed by atoms with Crippen LogP contribution in [-0.4, -0.2) is 18.2 Å². The molecule has 0 bridgehead atoms. The van der Waals surface area contributed by atoms with Crippen LogP contribution in [-0.2, 0) is 4.74 Å². The maximum atomic E-state index is 11.1. The summed E-state index contributed by atoms with van der Waals surface area (Å²) in [6.07, 6.45) is 0.739. The summed E-state index contributed by atoms with van der Waals surface area (Å²) in [4.78, 5) is 11.1. The molecule has 0 spiro atoms. The number of carbonyl (C=O) groups excluding carboxylic acids is 1. The van der Waals surface area contributed by atoms with Gasteiger partial charge in [-0.15, -0.1) is 0 Å². The van der Waals surface area contributed by atoms with E-state index in [9.17, 15) is 4.79 Å². The second kappa shape index (κ2) is 5.10. The number of rotatable bonds is 3. The summed E-state index contributed by atoms with van der Waals surface area (Å²) in [5, 5.41) is 2.73. The molecule has 78 valence electrons. The number of alkyl carbamates (subject to hydrolysis) is 1. The zero-order chi connectivity index (χ0) is 10.5. The highest BCUT2D eigenvalue weighted by Crippen LogP contribution is 2.06. The van der Waals surface area contributed by atoms with E-state index < -0.39 is 5.60 Å². The lowest BCUT2D eigenvalue weighted by Crippen LogP contribution is -2.34. The standard InChI is InChI=1S/C10H21NO2/c1-6-8(2)7-11-9(12)13-10(3,4)5/h8H,6-7H2,1-5H3,(H,11,12). The SMILES string of the molecule is CCC(C)CNC(=O)OC(C)(C)C. The number of carbonyl (C=O) groups is 1. The number of hydrogen-bond acceptors (Lipinski definition) is 2.